The lowest BCUT2D eigenvalue weighted by Gasteiger charge is -2.03. The van der Waals surface area contributed by atoms with Crippen LogP contribution in [-0.2, 0) is 0 Å². The standard InChI is InChI=1S/C9H6FN5O3S/c10-5-3-4(15(17)18)1-2-6(5)12-7(16)8-13-14-9(11)19-8/h1-3H,(H2,11,14)(H,12,16). The normalized spacial score (nSPS) is 10.2. The minimum absolute atomic E-state index is 0.0322. The molecule has 0 atom stereocenters. The fourth-order valence-corrected chi connectivity index (χ4v) is 1.73. The summed E-state index contributed by atoms with van der Waals surface area (Å²) in [6.07, 6.45) is 0. The molecule has 1 heterocycles. The van der Waals surface area contributed by atoms with Gasteiger partial charge >= 0.3 is 0 Å². The minimum Gasteiger partial charge on any atom is -0.374 e. The molecule has 0 saturated heterocycles. The number of hydrogen-bond acceptors (Lipinski definition) is 7. The van der Waals surface area contributed by atoms with E-state index in [1.807, 2.05) is 0 Å². The highest BCUT2D eigenvalue weighted by Gasteiger charge is 2.16. The van der Waals surface area contributed by atoms with Crippen LogP contribution in [0, 0.1) is 15.9 Å². The summed E-state index contributed by atoms with van der Waals surface area (Å²) in [7, 11) is 0. The number of nitrogen functional groups attached to an aromatic ring is 1. The molecule has 1 amide bonds. The van der Waals surface area contributed by atoms with Crippen molar-refractivity contribution in [2.24, 2.45) is 0 Å². The molecule has 0 fully saturated rings. The number of nitrogens with zero attached hydrogens (tertiary/aromatic N) is 3. The molecule has 19 heavy (non-hydrogen) atoms. The molecule has 1 aromatic heterocycles. The first-order chi connectivity index (χ1) is 8.97. The van der Waals surface area contributed by atoms with Crippen LogP contribution in [0.3, 0.4) is 0 Å². The highest BCUT2D eigenvalue weighted by atomic mass is 32.1. The zero-order chi connectivity index (χ0) is 14.0. The van der Waals surface area contributed by atoms with Crippen molar-refractivity contribution >= 4 is 33.8 Å². The fourth-order valence-electron chi connectivity index (χ4n) is 1.22. The summed E-state index contributed by atoms with van der Waals surface area (Å²) in [6.45, 7) is 0. The molecular formula is C9H6FN5O3S. The molecule has 1 aromatic carbocycles. The van der Waals surface area contributed by atoms with Crippen LogP contribution in [0.1, 0.15) is 9.80 Å². The number of carbonyl (C=O) groups excluding carboxylic acids is 1. The first-order valence-electron chi connectivity index (χ1n) is 4.81. The van der Waals surface area contributed by atoms with Gasteiger partial charge in [-0.1, -0.05) is 11.3 Å². The average molecular weight is 283 g/mol. The van der Waals surface area contributed by atoms with Crippen LogP contribution in [0.5, 0.6) is 0 Å². The van der Waals surface area contributed by atoms with E-state index in [9.17, 15) is 19.3 Å². The van der Waals surface area contributed by atoms with Gasteiger partial charge in [-0.25, -0.2) is 4.39 Å². The Hall–Kier alpha value is -2.62. The Bertz CT molecular complexity index is 659. The zero-order valence-corrected chi connectivity index (χ0v) is 9.98. The molecule has 0 bridgehead atoms. The molecule has 0 radical (unpaired) electrons. The Morgan fingerprint density at radius 2 is 2.21 bits per heavy atom. The van der Waals surface area contributed by atoms with Crippen molar-refractivity contribution in [1.29, 1.82) is 0 Å². The highest BCUT2D eigenvalue weighted by Crippen LogP contribution is 2.21. The first-order valence-corrected chi connectivity index (χ1v) is 5.63. The van der Waals surface area contributed by atoms with Crippen LogP contribution in [0.15, 0.2) is 18.2 Å². The summed E-state index contributed by atoms with van der Waals surface area (Å²) in [5, 5.41) is 19.7. The number of aromatic nitrogens is 2. The van der Waals surface area contributed by atoms with E-state index >= 15 is 0 Å². The Morgan fingerprint density at radius 1 is 1.47 bits per heavy atom. The lowest BCUT2D eigenvalue weighted by molar-refractivity contribution is -0.385. The Kier molecular flexibility index (Phi) is 3.33. The summed E-state index contributed by atoms with van der Waals surface area (Å²) in [6, 6.07) is 2.88. The maximum Gasteiger partial charge on any atom is 0.286 e. The van der Waals surface area contributed by atoms with Crippen molar-refractivity contribution < 1.29 is 14.1 Å². The van der Waals surface area contributed by atoms with E-state index in [-0.39, 0.29) is 15.8 Å². The number of hydrogen-bond donors (Lipinski definition) is 2. The van der Waals surface area contributed by atoms with E-state index in [0.717, 1.165) is 23.5 Å². The second-order valence-electron chi connectivity index (χ2n) is 3.32. The van der Waals surface area contributed by atoms with E-state index in [0.29, 0.717) is 6.07 Å². The van der Waals surface area contributed by atoms with E-state index < -0.39 is 22.3 Å². The van der Waals surface area contributed by atoms with Crippen LogP contribution in [0.2, 0.25) is 0 Å². The molecule has 0 saturated carbocycles. The number of halogens is 1. The van der Waals surface area contributed by atoms with E-state index in [4.69, 9.17) is 5.73 Å². The topological polar surface area (TPSA) is 124 Å². The summed E-state index contributed by atoms with van der Waals surface area (Å²) in [5.41, 5.74) is 4.71. The fraction of sp³-hybridized carbons (Fsp3) is 0. The molecule has 2 rings (SSSR count). The number of nitro groups is 1. The minimum atomic E-state index is -0.917. The van der Waals surface area contributed by atoms with Crippen molar-refractivity contribution in [2.45, 2.75) is 0 Å². The molecule has 0 aliphatic rings. The van der Waals surface area contributed by atoms with Gasteiger partial charge in [0.15, 0.2) is 5.82 Å². The third-order valence-corrected chi connectivity index (χ3v) is 2.80. The van der Waals surface area contributed by atoms with Crippen molar-refractivity contribution in [3.05, 3.63) is 39.1 Å². The zero-order valence-electron chi connectivity index (χ0n) is 9.16. The van der Waals surface area contributed by atoms with Gasteiger partial charge in [0.1, 0.15) is 0 Å². The summed E-state index contributed by atoms with van der Waals surface area (Å²) >= 11 is 0.842. The van der Waals surface area contributed by atoms with Gasteiger partial charge in [0, 0.05) is 6.07 Å². The SMILES string of the molecule is Nc1nnc(C(=O)Nc2ccc([N+](=O)[O-])cc2F)s1. The average Bonchev–Trinajstić information content (AvgIpc) is 2.78. The molecule has 98 valence electrons. The number of anilines is 2. The Balaban J connectivity index is 2.20. The maximum atomic E-state index is 13.5. The van der Waals surface area contributed by atoms with Gasteiger partial charge in [-0.2, -0.15) is 0 Å². The van der Waals surface area contributed by atoms with Gasteiger partial charge in [0.2, 0.25) is 10.1 Å². The predicted octanol–water partition coefficient (Wildman–Crippen LogP) is 1.42. The third kappa shape index (κ3) is 2.80. The predicted molar refractivity (Wildman–Crippen MR) is 65.3 cm³/mol. The van der Waals surface area contributed by atoms with Gasteiger partial charge in [0.05, 0.1) is 16.7 Å². The number of rotatable bonds is 3. The number of benzene rings is 1. The molecule has 0 spiro atoms. The van der Waals surface area contributed by atoms with Crippen molar-refractivity contribution in [3.63, 3.8) is 0 Å². The largest absolute Gasteiger partial charge is 0.374 e. The summed E-state index contributed by atoms with van der Waals surface area (Å²) in [4.78, 5) is 21.3. The van der Waals surface area contributed by atoms with E-state index in [2.05, 4.69) is 15.5 Å². The molecule has 0 aliphatic heterocycles. The van der Waals surface area contributed by atoms with Crippen LogP contribution in [0.25, 0.3) is 0 Å². The number of non-ortho nitro benzene ring substituents is 1. The monoisotopic (exact) mass is 283 g/mol. The number of nitro benzene ring substituents is 1. The van der Waals surface area contributed by atoms with Gasteiger partial charge in [-0.05, 0) is 6.07 Å². The van der Waals surface area contributed by atoms with Crippen LogP contribution < -0.4 is 11.1 Å². The molecule has 2 aromatic rings. The maximum absolute atomic E-state index is 13.5. The molecule has 0 aliphatic carbocycles. The van der Waals surface area contributed by atoms with Gasteiger partial charge in [0.25, 0.3) is 11.6 Å². The summed E-state index contributed by atoms with van der Waals surface area (Å²) < 4.78 is 13.5. The number of amides is 1. The number of nitrogens with two attached hydrogens (primary N) is 1. The second kappa shape index (κ2) is 4.94. The number of carbonyl (C=O) groups is 1. The van der Waals surface area contributed by atoms with Crippen molar-refractivity contribution in [1.82, 2.24) is 10.2 Å². The lowest BCUT2D eigenvalue weighted by Crippen LogP contribution is -2.12. The van der Waals surface area contributed by atoms with Gasteiger partial charge < -0.3 is 11.1 Å². The Morgan fingerprint density at radius 3 is 2.74 bits per heavy atom. The second-order valence-corrected chi connectivity index (χ2v) is 4.33. The number of nitrogens with one attached hydrogen (secondary N) is 1. The van der Waals surface area contributed by atoms with Crippen molar-refractivity contribution in [3.8, 4) is 0 Å². The molecule has 0 unspecified atom stereocenters. The summed E-state index contributed by atoms with van der Waals surface area (Å²) in [5.74, 6) is -1.61. The van der Waals surface area contributed by atoms with Crippen LogP contribution in [-0.4, -0.2) is 21.0 Å². The first kappa shape index (κ1) is 12.8. The van der Waals surface area contributed by atoms with Crippen LogP contribution in [0.4, 0.5) is 20.9 Å². The lowest BCUT2D eigenvalue weighted by atomic mass is 10.2. The Labute approximate surface area is 109 Å². The third-order valence-electron chi connectivity index (χ3n) is 2.05. The van der Waals surface area contributed by atoms with Gasteiger partial charge in [-0.15, -0.1) is 10.2 Å². The molecule has 8 nitrogen and oxygen atoms in total. The van der Waals surface area contributed by atoms with E-state index in [1.54, 1.807) is 0 Å². The quantitative estimate of drug-likeness (QED) is 0.648. The molecular weight excluding hydrogens is 277 g/mol. The molecule has 3 N–H and O–H groups in total. The van der Waals surface area contributed by atoms with E-state index in [1.165, 1.54) is 0 Å². The highest BCUT2D eigenvalue weighted by molar-refractivity contribution is 7.16. The van der Waals surface area contributed by atoms with Crippen LogP contribution >= 0.6 is 11.3 Å². The smallest absolute Gasteiger partial charge is 0.286 e. The van der Waals surface area contributed by atoms with Crippen molar-refractivity contribution in [2.75, 3.05) is 11.1 Å². The van der Waals surface area contributed by atoms with Gasteiger partial charge in [-0.3, -0.25) is 14.9 Å². The molecule has 10 heteroatoms.